The lowest BCUT2D eigenvalue weighted by Crippen LogP contribution is -2.24. The zero-order valence-electron chi connectivity index (χ0n) is 16.5. The summed E-state index contributed by atoms with van der Waals surface area (Å²) in [6.07, 6.45) is 5.64. The highest BCUT2D eigenvalue weighted by Crippen LogP contribution is 2.27. The number of fused-ring (bicyclic) bond motifs is 1. The quantitative estimate of drug-likeness (QED) is 0.372. The number of aliphatic imine (C=N–C) groups is 1. The SMILES string of the molecule is NC(=NCCCOCCOCc1ccccc1)Nc1cccc2c1CCCC2. The number of ether oxygens (including phenoxy) is 2. The van der Waals surface area contributed by atoms with Crippen LogP contribution in [0.5, 0.6) is 0 Å². The third-order valence-electron chi connectivity index (χ3n) is 4.87. The van der Waals surface area contributed by atoms with Gasteiger partial charge < -0.3 is 20.5 Å². The van der Waals surface area contributed by atoms with Crippen LogP contribution in [0.2, 0.25) is 0 Å². The fourth-order valence-electron chi connectivity index (χ4n) is 3.43. The molecule has 0 aliphatic heterocycles. The smallest absolute Gasteiger partial charge is 0.193 e. The Bertz CT molecular complexity index is 747. The molecule has 150 valence electrons. The van der Waals surface area contributed by atoms with Gasteiger partial charge in [-0.2, -0.15) is 0 Å². The molecule has 0 aromatic heterocycles. The number of rotatable bonds is 10. The van der Waals surface area contributed by atoms with E-state index in [1.807, 2.05) is 18.2 Å². The summed E-state index contributed by atoms with van der Waals surface area (Å²) in [6, 6.07) is 16.5. The maximum atomic E-state index is 6.05. The fraction of sp³-hybridized carbons (Fsp3) is 0.435. The number of anilines is 1. The van der Waals surface area contributed by atoms with E-state index in [2.05, 4.69) is 40.6 Å². The van der Waals surface area contributed by atoms with Gasteiger partial charge in [-0.15, -0.1) is 0 Å². The minimum Gasteiger partial charge on any atom is -0.379 e. The van der Waals surface area contributed by atoms with Crippen molar-refractivity contribution in [2.24, 2.45) is 10.7 Å². The summed E-state index contributed by atoms with van der Waals surface area (Å²) < 4.78 is 11.2. The summed E-state index contributed by atoms with van der Waals surface area (Å²) in [6.45, 7) is 3.13. The van der Waals surface area contributed by atoms with Crippen LogP contribution in [0.3, 0.4) is 0 Å². The predicted octanol–water partition coefficient (Wildman–Crippen LogP) is 3.92. The van der Waals surface area contributed by atoms with Crippen molar-refractivity contribution in [3.8, 4) is 0 Å². The van der Waals surface area contributed by atoms with Gasteiger partial charge in [0.2, 0.25) is 0 Å². The van der Waals surface area contributed by atoms with Crippen molar-refractivity contribution < 1.29 is 9.47 Å². The van der Waals surface area contributed by atoms with Crippen LogP contribution in [0.1, 0.15) is 36.0 Å². The zero-order chi connectivity index (χ0) is 19.4. The van der Waals surface area contributed by atoms with Crippen LogP contribution in [0.25, 0.3) is 0 Å². The summed E-state index contributed by atoms with van der Waals surface area (Å²) >= 11 is 0. The molecule has 0 atom stereocenters. The van der Waals surface area contributed by atoms with E-state index in [1.54, 1.807) is 0 Å². The lowest BCUT2D eigenvalue weighted by Gasteiger charge is -2.19. The molecule has 1 aliphatic carbocycles. The van der Waals surface area contributed by atoms with Gasteiger partial charge in [-0.05, 0) is 54.9 Å². The van der Waals surface area contributed by atoms with Crippen molar-refractivity contribution in [2.45, 2.75) is 38.7 Å². The van der Waals surface area contributed by atoms with Crippen molar-refractivity contribution in [3.63, 3.8) is 0 Å². The van der Waals surface area contributed by atoms with Crippen LogP contribution >= 0.6 is 0 Å². The number of guanidine groups is 1. The van der Waals surface area contributed by atoms with Gasteiger partial charge in [-0.25, -0.2) is 0 Å². The fourth-order valence-corrected chi connectivity index (χ4v) is 3.43. The summed E-state index contributed by atoms with van der Waals surface area (Å²) in [5.74, 6) is 0.477. The highest BCUT2D eigenvalue weighted by Gasteiger charge is 2.12. The summed E-state index contributed by atoms with van der Waals surface area (Å²) in [4.78, 5) is 4.41. The first kappa shape index (κ1) is 20.4. The Morgan fingerprint density at radius 2 is 1.75 bits per heavy atom. The summed E-state index contributed by atoms with van der Waals surface area (Å²) in [5, 5.41) is 3.27. The van der Waals surface area contributed by atoms with Crippen LogP contribution in [-0.4, -0.2) is 32.3 Å². The van der Waals surface area contributed by atoms with Crippen LogP contribution in [0.4, 0.5) is 5.69 Å². The molecule has 0 fully saturated rings. The molecule has 1 aliphatic rings. The molecule has 5 nitrogen and oxygen atoms in total. The normalized spacial score (nSPS) is 13.9. The molecule has 2 aromatic carbocycles. The number of nitrogens with zero attached hydrogens (tertiary/aromatic N) is 1. The second-order valence-electron chi connectivity index (χ2n) is 7.05. The second-order valence-corrected chi connectivity index (χ2v) is 7.05. The van der Waals surface area contributed by atoms with Gasteiger partial charge >= 0.3 is 0 Å². The van der Waals surface area contributed by atoms with Gasteiger partial charge in [0.1, 0.15) is 0 Å². The number of benzene rings is 2. The molecule has 0 spiro atoms. The van der Waals surface area contributed by atoms with Crippen LogP contribution in [-0.2, 0) is 28.9 Å². The molecule has 0 heterocycles. The Morgan fingerprint density at radius 1 is 0.929 bits per heavy atom. The van der Waals surface area contributed by atoms with Crippen molar-refractivity contribution >= 4 is 11.6 Å². The first-order valence-electron chi connectivity index (χ1n) is 10.2. The van der Waals surface area contributed by atoms with E-state index in [0.29, 0.717) is 38.9 Å². The van der Waals surface area contributed by atoms with Gasteiger partial charge in [-0.1, -0.05) is 42.5 Å². The van der Waals surface area contributed by atoms with Crippen molar-refractivity contribution in [2.75, 3.05) is 31.7 Å². The predicted molar refractivity (Wildman–Crippen MR) is 115 cm³/mol. The van der Waals surface area contributed by atoms with Crippen LogP contribution in [0.15, 0.2) is 53.5 Å². The highest BCUT2D eigenvalue weighted by molar-refractivity contribution is 5.93. The lowest BCUT2D eigenvalue weighted by atomic mass is 9.90. The topological polar surface area (TPSA) is 68.9 Å². The molecule has 28 heavy (non-hydrogen) atoms. The van der Waals surface area contributed by atoms with Gasteiger partial charge in [0.25, 0.3) is 0 Å². The van der Waals surface area contributed by atoms with Crippen LogP contribution in [0, 0.1) is 0 Å². The van der Waals surface area contributed by atoms with E-state index in [-0.39, 0.29) is 0 Å². The number of hydrogen-bond donors (Lipinski definition) is 2. The Hall–Kier alpha value is -2.37. The van der Waals surface area contributed by atoms with Gasteiger partial charge in [0.05, 0.1) is 19.8 Å². The maximum absolute atomic E-state index is 6.05. The van der Waals surface area contributed by atoms with E-state index in [4.69, 9.17) is 15.2 Å². The zero-order valence-corrected chi connectivity index (χ0v) is 16.5. The van der Waals surface area contributed by atoms with E-state index >= 15 is 0 Å². The molecule has 5 heteroatoms. The van der Waals surface area contributed by atoms with Gasteiger partial charge in [0.15, 0.2) is 5.96 Å². The molecule has 0 saturated carbocycles. The third kappa shape index (κ3) is 6.66. The monoisotopic (exact) mass is 381 g/mol. The third-order valence-corrected chi connectivity index (χ3v) is 4.87. The molecular weight excluding hydrogens is 350 g/mol. The standard InChI is InChI=1S/C23H31N3O2/c24-23(26-22-13-6-11-20-10-4-5-12-21(20)22)25-14-7-15-27-16-17-28-18-19-8-2-1-3-9-19/h1-3,6,8-9,11,13H,4-5,7,10,12,14-18H2,(H3,24,25,26). The Labute approximate surface area is 168 Å². The molecule has 0 radical (unpaired) electrons. The average molecular weight is 382 g/mol. The van der Waals surface area contributed by atoms with Crippen molar-refractivity contribution in [1.82, 2.24) is 0 Å². The van der Waals surface area contributed by atoms with Crippen molar-refractivity contribution in [1.29, 1.82) is 0 Å². The average Bonchev–Trinajstić information content (AvgIpc) is 2.73. The first-order chi connectivity index (χ1) is 13.8. The number of nitrogens with two attached hydrogens (primary N) is 1. The van der Waals surface area contributed by atoms with E-state index in [9.17, 15) is 0 Å². The lowest BCUT2D eigenvalue weighted by molar-refractivity contribution is 0.0403. The number of aryl methyl sites for hydroxylation is 1. The van der Waals surface area contributed by atoms with Crippen molar-refractivity contribution in [3.05, 3.63) is 65.2 Å². The molecule has 2 aromatic rings. The summed E-state index contributed by atoms with van der Waals surface area (Å²) in [5.41, 5.74) is 11.2. The molecule has 0 saturated heterocycles. The van der Waals surface area contributed by atoms with E-state index in [1.165, 1.54) is 29.5 Å². The first-order valence-corrected chi connectivity index (χ1v) is 10.2. The minimum absolute atomic E-state index is 0.477. The van der Waals surface area contributed by atoms with E-state index in [0.717, 1.165) is 24.9 Å². The molecule has 3 rings (SSSR count). The highest BCUT2D eigenvalue weighted by atomic mass is 16.5. The second kappa shape index (κ2) is 11.5. The molecule has 0 bridgehead atoms. The Kier molecular flexibility index (Phi) is 8.34. The van der Waals surface area contributed by atoms with E-state index < -0.39 is 0 Å². The molecule has 3 N–H and O–H groups in total. The maximum Gasteiger partial charge on any atom is 0.193 e. The minimum atomic E-state index is 0.477. The Morgan fingerprint density at radius 3 is 2.64 bits per heavy atom. The van der Waals surface area contributed by atoms with Gasteiger partial charge in [0, 0.05) is 18.8 Å². The molecular formula is C23H31N3O2. The summed E-state index contributed by atoms with van der Waals surface area (Å²) in [7, 11) is 0. The Balaban J connectivity index is 1.27. The largest absolute Gasteiger partial charge is 0.379 e. The van der Waals surface area contributed by atoms with Gasteiger partial charge in [-0.3, -0.25) is 4.99 Å². The number of nitrogens with one attached hydrogen (secondary N) is 1. The number of hydrogen-bond acceptors (Lipinski definition) is 3. The molecule has 0 unspecified atom stereocenters. The van der Waals surface area contributed by atoms with Crippen LogP contribution < -0.4 is 11.1 Å². The molecule has 0 amide bonds.